The fourth-order valence-corrected chi connectivity index (χ4v) is 1.63. The van der Waals surface area contributed by atoms with Crippen molar-refractivity contribution in [2.45, 2.75) is 37.9 Å². The number of rotatable bonds is 3. The first-order valence-electron chi connectivity index (χ1n) is 4.89. The molecule has 0 radical (unpaired) electrons. The predicted octanol–water partition coefficient (Wildman–Crippen LogP) is 4.66. The summed E-state index contributed by atoms with van der Waals surface area (Å²) in [6.45, 7) is 6.64. The Morgan fingerprint density at radius 2 is 1.54 bits per heavy atom. The summed E-state index contributed by atoms with van der Waals surface area (Å²) in [5, 5.41) is 0. The van der Waals surface area contributed by atoms with Gasteiger partial charge in [0.15, 0.2) is 0 Å². The molecule has 1 atom stereocenters. The first-order valence-corrected chi connectivity index (χ1v) is 5.80. The summed E-state index contributed by atoms with van der Waals surface area (Å²) in [5.74, 6) is 0.629. The lowest BCUT2D eigenvalue weighted by Gasteiger charge is -2.09. The molecule has 1 rings (SSSR count). The summed E-state index contributed by atoms with van der Waals surface area (Å²) in [5.41, 5.74) is 2.80. The third-order valence-electron chi connectivity index (χ3n) is 2.32. The molecule has 0 aliphatic carbocycles. The molecule has 0 aliphatic heterocycles. The maximum Gasteiger partial charge on any atom is 0.0392 e. The zero-order valence-electron chi connectivity index (χ0n) is 8.55. The van der Waals surface area contributed by atoms with Crippen molar-refractivity contribution < 1.29 is 0 Å². The zero-order valence-corrected chi connectivity index (χ0v) is 10.1. The van der Waals surface area contributed by atoms with Crippen LogP contribution in [0.3, 0.4) is 0 Å². The number of hydrogen-bond donors (Lipinski definition) is 0. The molecule has 0 saturated carbocycles. The van der Waals surface area contributed by atoms with Gasteiger partial charge < -0.3 is 0 Å². The van der Waals surface area contributed by atoms with Crippen molar-refractivity contribution in [3.8, 4) is 0 Å². The van der Waals surface area contributed by atoms with Crippen LogP contribution in [0.4, 0.5) is 0 Å². The minimum absolute atomic E-state index is 0.508. The quantitative estimate of drug-likeness (QED) is 0.675. The molecule has 0 aliphatic rings. The summed E-state index contributed by atoms with van der Waals surface area (Å²) < 4.78 is 0. The van der Waals surface area contributed by atoms with Crippen molar-refractivity contribution in [1.29, 1.82) is 0 Å². The maximum atomic E-state index is 3.65. The second-order valence-corrected chi connectivity index (χ2v) is 4.80. The highest BCUT2D eigenvalue weighted by Gasteiger charge is 2.04. The summed E-state index contributed by atoms with van der Waals surface area (Å²) >= 11 is 3.65. The highest BCUT2D eigenvalue weighted by Crippen LogP contribution is 2.27. The van der Waals surface area contributed by atoms with Crippen LogP contribution in [0, 0.1) is 0 Å². The van der Waals surface area contributed by atoms with E-state index in [0.717, 1.165) is 6.42 Å². The smallest absolute Gasteiger partial charge is 0.0392 e. The standard InChI is InChI=1S/C12H17Br/c1-4-12(13)11-7-5-10(6-8-11)9(2)3/h5-9,12H,4H2,1-3H3/t12-/m1/s1. The van der Waals surface area contributed by atoms with Gasteiger partial charge in [0.2, 0.25) is 0 Å². The first kappa shape index (κ1) is 10.8. The molecule has 0 amide bonds. The van der Waals surface area contributed by atoms with Gasteiger partial charge >= 0.3 is 0 Å². The number of alkyl halides is 1. The fraction of sp³-hybridized carbons (Fsp3) is 0.500. The molecule has 1 aromatic rings. The van der Waals surface area contributed by atoms with Crippen LogP contribution in [0.5, 0.6) is 0 Å². The average Bonchev–Trinajstić information content (AvgIpc) is 2.17. The van der Waals surface area contributed by atoms with E-state index in [0.29, 0.717) is 10.7 Å². The molecule has 0 nitrogen and oxygen atoms in total. The van der Waals surface area contributed by atoms with Crippen LogP contribution in [-0.2, 0) is 0 Å². The third-order valence-corrected chi connectivity index (χ3v) is 3.50. The molecule has 0 bridgehead atoms. The molecule has 72 valence electrons. The van der Waals surface area contributed by atoms with Gasteiger partial charge in [0, 0.05) is 4.83 Å². The van der Waals surface area contributed by atoms with Gasteiger partial charge in [-0.3, -0.25) is 0 Å². The normalized spacial score (nSPS) is 13.3. The van der Waals surface area contributed by atoms with Crippen LogP contribution in [0.15, 0.2) is 24.3 Å². The molecule has 0 fully saturated rings. The van der Waals surface area contributed by atoms with Crippen molar-refractivity contribution in [3.63, 3.8) is 0 Å². The Labute approximate surface area is 89.5 Å². The third kappa shape index (κ3) is 2.84. The molecule has 0 unspecified atom stereocenters. The second-order valence-electron chi connectivity index (χ2n) is 3.70. The van der Waals surface area contributed by atoms with Gasteiger partial charge in [0.05, 0.1) is 0 Å². The van der Waals surface area contributed by atoms with Gasteiger partial charge in [-0.25, -0.2) is 0 Å². The first-order chi connectivity index (χ1) is 6.15. The fourth-order valence-electron chi connectivity index (χ4n) is 1.33. The van der Waals surface area contributed by atoms with Crippen LogP contribution in [0.1, 0.15) is 49.1 Å². The van der Waals surface area contributed by atoms with Gasteiger partial charge in [-0.05, 0) is 23.5 Å². The summed E-state index contributed by atoms with van der Waals surface area (Å²) in [6.07, 6.45) is 1.14. The SMILES string of the molecule is CC[C@@H](Br)c1ccc(C(C)C)cc1. The van der Waals surface area contributed by atoms with Crippen molar-refractivity contribution in [1.82, 2.24) is 0 Å². The van der Waals surface area contributed by atoms with E-state index in [9.17, 15) is 0 Å². The van der Waals surface area contributed by atoms with Crippen molar-refractivity contribution in [3.05, 3.63) is 35.4 Å². The summed E-state index contributed by atoms with van der Waals surface area (Å²) in [7, 11) is 0. The van der Waals surface area contributed by atoms with E-state index >= 15 is 0 Å². The predicted molar refractivity (Wildman–Crippen MR) is 62.5 cm³/mol. The highest BCUT2D eigenvalue weighted by molar-refractivity contribution is 9.09. The van der Waals surface area contributed by atoms with Crippen LogP contribution in [-0.4, -0.2) is 0 Å². The molecular formula is C12H17Br. The van der Waals surface area contributed by atoms with E-state index < -0.39 is 0 Å². The Balaban J connectivity index is 2.81. The number of benzene rings is 1. The lowest BCUT2D eigenvalue weighted by Crippen LogP contribution is -1.90. The van der Waals surface area contributed by atoms with Gasteiger partial charge in [0.25, 0.3) is 0 Å². The Morgan fingerprint density at radius 3 is 1.92 bits per heavy atom. The molecule has 0 N–H and O–H groups in total. The molecule has 0 saturated heterocycles. The monoisotopic (exact) mass is 240 g/mol. The molecular weight excluding hydrogens is 224 g/mol. The van der Waals surface area contributed by atoms with E-state index in [1.165, 1.54) is 11.1 Å². The van der Waals surface area contributed by atoms with E-state index in [4.69, 9.17) is 0 Å². The van der Waals surface area contributed by atoms with E-state index in [2.05, 4.69) is 61.0 Å². The lowest BCUT2D eigenvalue weighted by molar-refractivity contribution is 0.859. The largest absolute Gasteiger partial charge is 0.0839 e. The van der Waals surface area contributed by atoms with Crippen LogP contribution < -0.4 is 0 Å². The van der Waals surface area contributed by atoms with Gasteiger partial charge in [-0.2, -0.15) is 0 Å². The van der Waals surface area contributed by atoms with Gasteiger partial charge in [-0.15, -0.1) is 0 Å². The van der Waals surface area contributed by atoms with Crippen LogP contribution >= 0.6 is 15.9 Å². The molecule has 0 spiro atoms. The van der Waals surface area contributed by atoms with Gasteiger partial charge in [0.1, 0.15) is 0 Å². The number of halogens is 1. The number of hydrogen-bond acceptors (Lipinski definition) is 0. The van der Waals surface area contributed by atoms with Gasteiger partial charge in [-0.1, -0.05) is 61.0 Å². The molecule has 0 heterocycles. The zero-order chi connectivity index (χ0) is 9.84. The Hall–Kier alpha value is -0.300. The lowest BCUT2D eigenvalue weighted by atomic mass is 10.0. The van der Waals surface area contributed by atoms with E-state index in [1.54, 1.807) is 0 Å². The Morgan fingerprint density at radius 1 is 1.08 bits per heavy atom. The Bertz CT molecular complexity index is 248. The van der Waals surface area contributed by atoms with Crippen molar-refractivity contribution in [2.24, 2.45) is 0 Å². The van der Waals surface area contributed by atoms with Crippen molar-refractivity contribution in [2.75, 3.05) is 0 Å². The molecule has 13 heavy (non-hydrogen) atoms. The Kier molecular flexibility index (Phi) is 3.98. The minimum Gasteiger partial charge on any atom is -0.0839 e. The van der Waals surface area contributed by atoms with Crippen molar-refractivity contribution >= 4 is 15.9 Å². The second kappa shape index (κ2) is 4.80. The van der Waals surface area contributed by atoms with E-state index in [-0.39, 0.29) is 0 Å². The summed E-state index contributed by atoms with van der Waals surface area (Å²) in [4.78, 5) is 0.508. The average molecular weight is 241 g/mol. The maximum absolute atomic E-state index is 3.65. The minimum atomic E-state index is 0.508. The molecule has 0 aromatic heterocycles. The summed E-state index contributed by atoms with van der Waals surface area (Å²) in [6, 6.07) is 8.89. The topological polar surface area (TPSA) is 0 Å². The van der Waals surface area contributed by atoms with E-state index in [1.807, 2.05) is 0 Å². The highest BCUT2D eigenvalue weighted by atomic mass is 79.9. The molecule has 1 heteroatoms. The van der Waals surface area contributed by atoms with Crippen LogP contribution in [0.2, 0.25) is 0 Å². The van der Waals surface area contributed by atoms with Crippen LogP contribution in [0.25, 0.3) is 0 Å². The molecule has 1 aromatic carbocycles.